The molecule has 29 heavy (non-hydrogen) atoms. The first-order valence-corrected chi connectivity index (χ1v) is 9.84. The van der Waals surface area contributed by atoms with Crippen molar-refractivity contribution >= 4 is 11.9 Å². The average Bonchev–Trinajstić information content (AvgIpc) is 3.41. The van der Waals surface area contributed by atoms with Gasteiger partial charge < -0.3 is 19.5 Å². The molecule has 0 bridgehead atoms. The number of nitrogens with zero attached hydrogens (tertiary/aromatic N) is 3. The summed E-state index contributed by atoms with van der Waals surface area (Å²) in [6, 6.07) is 9.47. The number of amides is 1. The second-order valence-electron chi connectivity index (χ2n) is 7.70. The second kappa shape index (κ2) is 7.87. The fourth-order valence-corrected chi connectivity index (χ4v) is 4.50. The van der Waals surface area contributed by atoms with E-state index in [-0.39, 0.29) is 24.1 Å². The van der Waals surface area contributed by atoms with Crippen LogP contribution in [0.4, 0.5) is 0 Å². The fourth-order valence-electron chi connectivity index (χ4n) is 4.50. The third-order valence-electron chi connectivity index (χ3n) is 6.03. The standard InChI is InChI=1S/C21H25N3O5/c1-28-10-11-29-17-13-24(16-7-3-2-4-8-16)22-18(17)19(25)23-12-15-6-5-9-21(15,14-23)20(26)27/h2-4,7-8,13,15H,5-6,9-12,14H2,1H3,(H,26,27)/t15-,21+/m0/s1. The van der Waals surface area contributed by atoms with Crippen molar-refractivity contribution in [3.8, 4) is 11.4 Å². The van der Waals surface area contributed by atoms with Gasteiger partial charge in [-0.25, -0.2) is 4.68 Å². The topological polar surface area (TPSA) is 93.9 Å². The van der Waals surface area contributed by atoms with Crippen LogP contribution in [-0.2, 0) is 9.53 Å². The lowest BCUT2D eigenvalue weighted by molar-refractivity contribution is -0.149. The van der Waals surface area contributed by atoms with Crippen molar-refractivity contribution in [2.45, 2.75) is 19.3 Å². The zero-order valence-electron chi connectivity index (χ0n) is 16.4. The molecule has 2 aromatic rings. The molecule has 1 aliphatic carbocycles. The van der Waals surface area contributed by atoms with E-state index in [2.05, 4.69) is 5.10 Å². The molecular formula is C21H25N3O5. The Morgan fingerprint density at radius 1 is 1.28 bits per heavy atom. The van der Waals surface area contributed by atoms with Crippen molar-refractivity contribution in [1.82, 2.24) is 14.7 Å². The quantitative estimate of drug-likeness (QED) is 0.718. The molecule has 4 rings (SSSR count). The van der Waals surface area contributed by atoms with Crippen molar-refractivity contribution in [1.29, 1.82) is 0 Å². The Hall–Kier alpha value is -2.87. The minimum absolute atomic E-state index is 0.00183. The summed E-state index contributed by atoms with van der Waals surface area (Å²) in [6.07, 6.45) is 4.03. The van der Waals surface area contributed by atoms with E-state index in [0.29, 0.717) is 31.9 Å². The lowest BCUT2D eigenvalue weighted by atomic mass is 9.81. The second-order valence-corrected chi connectivity index (χ2v) is 7.70. The number of ether oxygens (including phenoxy) is 2. The molecule has 0 radical (unpaired) electrons. The van der Waals surface area contributed by atoms with Gasteiger partial charge in [-0.1, -0.05) is 24.6 Å². The van der Waals surface area contributed by atoms with Gasteiger partial charge in [0.25, 0.3) is 5.91 Å². The number of aliphatic carboxylic acids is 1. The van der Waals surface area contributed by atoms with E-state index in [4.69, 9.17) is 9.47 Å². The Bertz CT molecular complexity index is 897. The summed E-state index contributed by atoms with van der Waals surface area (Å²) in [7, 11) is 1.58. The molecule has 1 N–H and O–H groups in total. The Kier molecular flexibility index (Phi) is 5.27. The van der Waals surface area contributed by atoms with E-state index in [0.717, 1.165) is 18.5 Å². The minimum atomic E-state index is -0.825. The fraction of sp³-hybridized carbons (Fsp3) is 0.476. The maximum atomic E-state index is 13.3. The smallest absolute Gasteiger partial charge is 0.311 e. The summed E-state index contributed by atoms with van der Waals surface area (Å²) >= 11 is 0. The lowest BCUT2D eigenvalue weighted by Crippen LogP contribution is -2.37. The third-order valence-corrected chi connectivity index (χ3v) is 6.03. The van der Waals surface area contributed by atoms with Crippen LogP contribution in [0.2, 0.25) is 0 Å². The molecule has 1 saturated heterocycles. The zero-order chi connectivity index (χ0) is 20.4. The number of likely N-dealkylation sites (tertiary alicyclic amines) is 1. The first kappa shape index (κ1) is 19.4. The van der Waals surface area contributed by atoms with Gasteiger partial charge in [0.1, 0.15) is 6.61 Å². The largest absolute Gasteiger partial charge is 0.487 e. The molecule has 8 heteroatoms. The molecule has 1 saturated carbocycles. The van der Waals surface area contributed by atoms with Gasteiger partial charge >= 0.3 is 5.97 Å². The van der Waals surface area contributed by atoms with Crippen LogP contribution in [0.1, 0.15) is 29.8 Å². The van der Waals surface area contributed by atoms with Crippen LogP contribution in [0.5, 0.6) is 5.75 Å². The molecule has 0 spiro atoms. The van der Waals surface area contributed by atoms with Crippen LogP contribution in [-0.4, -0.2) is 65.1 Å². The number of aromatic nitrogens is 2. The Labute approximate surface area is 169 Å². The minimum Gasteiger partial charge on any atom is -0.487 e. The normalized spacial score (nSPS) is 23.2. The van der Waals surface area contributed by atoms with Crippen LogP contribution in [0.15, 0.2) is 36.5 Å². The van der Waals surface area contributed by atoms with Crippen LogP contribution < -0.4 is 4.74 Å². The van der Waals surface area contributed by atoms with Crippen molar-refractivity contribution in [3.63, 3.8) is 0 Å². The molecule has 1 aromatic carbocycles. The van der Waals surface area contributed by atoms with E-state index in [9.17, 15) is 14.7 Å². The summed E-state index contributed by atoms with van der Waals surface area (Å²) in [5.41, 5.74) is 0.184. The van der Waals surface area contributed by atoms with Gasteiger partial charge in [0, 0.05) is 20.2 Å². The van der Waals surface area contributed by atoms with Crippen LogP contribution in [0.3, 0.4) is 0 Å². The predicted octanol–water partition coefficient (Wildman–Crippen LogP) is 2.22. The summed E-state index contributed by atoms with van der Waals surface area (Å²) in [6.45, 7) is 1.35. The molecule has 2 aliphatic rings. The molecule has 1 amide bonds. The van der Waals surface area contributed by atoms with E-state index >= 15 is 0 Å². The van der Waals surface area contributed by atoms with Gasteiger partial charge in [0.05, 0.1) is 23.9 Å². The maximum Gasteiger partial charge on any atom is 0.311 e. The molecule has 2 fully saturated rings. The lowest BCUT2D eigenvalue weighted by Gasteiger charge is -2.23. The molecule has 154 valence electrons. The van der Waals surface area contributed by atoms with Gasteiger partial charge in [-0.05, 0) is 30.9 Å². The molecule has 1 aliphatic heterocycles. The highest BCUT2D eigenvalue weighted by Gasteiger charge is 2.56. The zero-order valence-corrected chi connectivity index (χ0v) is 16.4. The van der Waals surface area contributed by atoms with Crippen LogP contribution >= 0.6 is 0 Å². The summed E-state index contributed by atoms with van der Waals surface area (Å²) in [5, 5.41) is 14.3. The van der Waals surface area contributed by atoms with Gasteiger partial charge in [-0.2, -0.15) is 5.10 Å². The maximum absolute atomic E-state index is 13.3. The summed E-state index contributed by atoms with van der Waals surface area (Å²) in [4.78, 5) is 26.9. The highest BCUT2D eigenvalue weighted by Crippen LogP contribution is 2.49. The monoisotopic (exact) mass is 399 g/mol. The number of benzene rings is 1. The van der Waals surface area contributed by atoms with Gasteiger partial charge in [-0.15, -0.1) is 0 Å². The number of fused-ring (bicyclic) bond motifs is 1. The third kappa shape index (κ3) is 3.48. The Morgan fingerprint density at radius 3 is 2.76 bits per heavy atom. The number of carboxylic acid groups (broad SMARTS) is 1. The molecule has 0 unspecified atom stereocenters. The van der Waals surface area contributed by atoms with Gasteiger partial charge in [0.2, 0.25) is 0 Å². The highest BCUT2D eigenvalue weighted by molar-refractivity contribution is 5.96. The number of methoxy groups -OCH3 is 1. The molecule has 2 atom stereocenters. The number of hydrogen-bond acceptors (Lipinski definition) is 5. The van der Waals surface area contributed by atoms with E-state index in [1.165, 1.54) is 0 Å². The average molecular weight is 399 g/mol. The van der Waals surface area contributed by atoms with Crippen LogP contribution in [0, 0.1) is 11.3 Å². The van der Waals surface area contributed by atoms with Crippen molar-refractivity contribution < 1.29 is 24.2 Å². The molecular weight excluding hydrogens is 374 g/mol. The first-order valence-electron chi connectivity index (χ1n) is 9.84. The molecule has 2 heterocycles. The Morgan fingerprint density at radius 2 is 2.07 bits per heavy atom. The van der Waals surface area contributed by atoms with Crippen molar-refractivity contribution in [2.75, 3.05) is 33.4 Å². The van der Waals surface area contributed by atoms with Crippen molar-refractivity contribution in [3.05, 3.63) is 42.2 Å². The number of carbonyl (C=O) groups is 2. The number of rotatable bonds is 7. The highest BCUT2D eigenvalue weighted by atomic mass is 16.5. The molecule has 1 aromatic heterocycles. The predicted molar refractivity (Wildman–Crippen MR) is 104 cm³/mol. The number of carbonyl (C=O) groups excluding carboxylic acids is 1. The number of para-hydroxylation sites is 1. The van der Waals surface area contributed by atoms with E-state index in [1.54, 1.807) is 22.9 Å². The number of carboxylic acids is 1. The first-order chi connectivity index (χ1) is 14.0. The Balaban J connectivity index is 1.62. The SMILES string of the molecule is COCCOc1cn(-c2ccccc2)nc1C(=O)N1C[C@@H]2CCC[C@@]2(C(=O)O)C1. The van der Waals surface area contributed by atoms with Gasteiger partial charge in [0.15, 0.2) is 11.4 Å². The molecule has 8 nitrogen and oxygen atoms in total. The van der Waals surface area contributed by atoms with Gasteiger partial charge in [-0.3, -0.25) is 9.59 Å². The van der Waals surface area contributed by atoms with E-state index < -0.39 is 11.4 Å². The summed E-state index contributed by atoms with van der Waals surface area (Å²) < 4.78 is 12.4. The van der Waals surface area contributed by atoms with Crippen LogP contribution in [0.25, 0.3) is 5.69 Å². The number of hydrogen-bond donors (Lipinski definition) is 1. The van der Waals surface area contributed by atoms with Crippen molar-refractivity contribution in [2.24, 2.45) is 11.3 Å². The van der Waals surface area contributed by atoms with E-state index in [1.807, 2.05) is 30.3 Å². The summed E-state index contributed by atoms with van der Waals surface area (Å²) in [5.74, 6) is -0.723.